The molecule has 7 heteroatoms. The lowest BCUT2D eigenvalue weighted by Gasteiger charge is -2.11. The van der Waals surface area contributed by atoms with Crippen LogP contribution in [0, 0.1) is 6.92 Å². The first-order chi connectivity index (χ1) is 10.1. The summed E-state index contributed by atoms with van der Waals surface area (Å²) in [6.45, 7) is 8.40. The Morgan fingerprint density at radius 2 is 2.10 bits per heavy atom. The summed E-state index contributed by atoms with van der Waals surface area (Å²) in [6, 6.07) is 2.51. The number of nitrogens with zero attached hydrogens (tertiary/aromatic N) is 5. The molecule has 3 rings (SSSR count). The molecule has 3 heterocycles. The largest absolute Gasteiger partial charge is 0.303 e. The van der Waals surface area contributed by atoms with Crippen molar-refractivity contribution in [3.8, 4) is 0 Å². The van der Waals surface area contributed by atoms with Gasteiger partial charge in [0.25, 0.3) is 0 Å². The molecule has 0 saturated carbocycles. The van der Waals surface area contributed by atoms with E-state index in [1.807, 2.05) is 6.92 Å². The Kier molecular flexibility index (Phi) is 3.95. The van der Waals surface area contributed by atoms with E-state index in [1.165, 1.54) is 4.88 Å². The summed E-state index contributed by atoms with van der Waals surface area (Å²) in [7, 11) is 0. The van der Waals surface area contributed by atoms with E-state index in [0.29, 0.717) is 6.04 Å². The summed E-state index contributed by atoms with van der Waals surface area (Å²) in [5.74, 6) is 0.928. The average molecular weight is 319 g/mol. The highest BCUT2D eigenvalue weighted by atomic mass is 32.2. The van der Waals surface area contributed by atoms with Crippen molar-refractivity contribution in [2.75, 3.05) is 0 Å². The summed E-state index contributed by atoms with van der Waals surface area (Å²) >= 11 is 3.29. The van der Waals surface area contributed by atoms with Gasteiger partial charge in [0.1, 0.15) is 22.0 Å². The van der Waals surface area contributed by atoms with Gasteiger partial charge in [0.05, 0.1) is 0 Å². The smallest absolute Gasteiger partial charge is 0.197 e. The second-order valence-electron chi connectivity index (χ2n) is 5.06. The Labute approximate surface area is 131 Å². The Bertz CT molecular complexity index is 775. The van der Waals surface area contributed by atoms with Crippen LogP contribution < -0.4 is 0 Å². The third-order valence-electron chi connectivity index (χ3n) is 3.23. The number of rotatable bonds is 4. The van der Waals surface area contributed by atoms with Crippen molar-refractivity contribution >= 4 is 33.3 Å². The lowest BCUT2D eigenvalue weighted by atomic mass is 10.3. The van der Waals surface area contributed by atoms with Crippen molar-refractivity contribution in [1.82, 2.24) is 24.7 Å². The van der Waals surface area contributed by atoms with Crippen LogP contribution >= 0.6 is 23.1 Å². The Hall–Kier alpha value is -1.47. The molecule has 3 aromatic heterocycles. The fourth-order valence-electron chi connectivity index (χ4n) is 2.24. The van der Waals surface area contributed by atoms with Gasteiger partial charge >= 0.3 is 0 Å². The van der Waals surface area contributed by atoms with Crippen LogP contribution in [0.4, 0.5) is 0 Å². The van der Waals surface area contributed by atoms with Crippen LogP contribution in [0.15, 0.2) is 22.6 Å². The van der Waals surface area contributed by atoms with E-state index in [1.54, 1.807) is 29.4 Å². The third-order valence-corrected chi connectivity index (χ3v) is 5.40. The van der Waals surface area contributed by atoms with E-state index in [2.05, 4.69) is 51.6 Å². The van der Waals surface area contributed by atoms with Gasteiger partial charge in [-0.2, -0.15) is 0 Å². The van der Waals surface area contributed by atoms with Gasteiger partial charge in [0, 0.05) is 16.3 Å². The fraction of sp³-hybridized carbons (Fsp3) is 0.429. The molecule has 0 saturated heterocycles. The van der Waals surface area contributed by atoms with Crippen LogP contribution in [0.2, 0.25) is 0 Å². The number of thiophene rings is 1. The number of aryl methyl sites for hydroxylation is 2. The van der Waals surface area contributed by atoms with Gasteiger partial charge < -0.3 is 4.57 Å². The van der Waals surface area contributed by atoms with Crippen molar-refractivity contribution in [2.45, 2.75) is 50.3 Å². The first kappa shape index (κ1) is 14.5. The Morgan fingerprint density at radius 3 is 2.81 bits per heavy atom. The van der Waals surface area contributed by atoms with E-state index in [-0.39, 0.29) is 0 Å². The van der Waals surface area contributed by atoms with Gasteiger partial charge in [-0.25, -0.2) is 9.97 Å². The summed E-state index contributed by atoms with van der Waals surface area (Å²) < 4.78 is 2.13. The molecule has 5 nitrogen and oxygen atoms in total. The highest BCUT2D eigenvalue weighted by Gasteiger charge is 2.16. The number of fused-ring (bicyclic) bond motifs is 1. The number of hydrogen-bond acceptors (Lipinski definition) is 6. The zero-order valence-corrected chi connectivity index (χ0v) is 14.1. The molecule has 0 spiro atoms. The molecule has 21 heavy (non-hydrogen) atoms. The monoisotopic (exact) mass is 319 g/mol. The van der Waals surface area contributed by atoms with Gasteiger partial charge in [0.2, 0.25) is 0 Å². The van der Waals surface area contributed by atoms with Crippen molar-refractivity contribution in [3.05, 3.63) is 23.1 Å². The molecule has 0 N–H and O–H groups in total. The minimum atomic E-state index is 0.327. The summed E-state index contributed by atoms with van der Waals surface area (Å²) in [5, 5.41) is 11.4. The van der Waals surface area contributed by atoms with E-state index >= 15 is 0 Å². The third kappa shape index (κ3) is 2.67. The van der Waals surface area contributed by atoms with Gasteiger partial charge in [0.15, 0.2) is 5.16 Å². The quantitative estimate of drug-likeness (QED) is 0.683. The normalized spacial score (nSPS) is 11.7. The molecule has 0 aliphatic rings. The zero-order chi connectivity index (χ0) is 15.0. The minimum Gasteiger partial charge on any atom is -0.303 e. The van der Waals surface area contributed by atoms with Crippen molar-refractivity contribution in [2.24, 2.45) is 0 Å². The van der Waals surface area contributed by atoms with Crippen LogP contribution in [0.3, 0.4) is 0 Å². The predicted molar refractivity (Wildman–Crippen MR) is 86.1 cm³/mol. The molecular weight excluding hydrogens is 302 g/mol. The molecule has 0 unspecified atom stereocenters. The van der Waals surface area contributed by atoms with Crippen molar-refractivity contribution in [3.63, 3.8) is 0 Å². The maximum absolute atomic E-state index is 4.44. The molecular formula is C14H17N5S2. The van der Waals surface area contributed by atoms with Crippen LogP contribution in [-0.2, 0) is 6.42 Å². The fourth-order valence-corrected chi connectivity index (χ4v) is 4.30. The van der Waals surface area contributed by atoms with Crippen molar-refractivity contribution in [1.29, 1.82) is 0 Å². The molecule has 0 aromatic carbocycles. The lowest BCUT2D eigenvalue weighted by Crippen LogP contribution is -2.04. The second kappa shape index (κ2) is 5.73. The van der Waals surface area contributed by atoms with E-state index in [9.17, 15) is 0 Å². The topological polar surface area (TPSA) is 56.5 Å². The standard InChI is InChI=1S/C14H17N5S2/c1-5-10-6-11-12(20-10)15-7-16-13(11)21-14-18-17-9(4)19(14)8(2)3/h6-8H,5H2,1-4H3. The van der Waals surface area contributed by atoms with Crippen LogP contribution in [-0.4, -0.2) is 24.7 Å². The lowest BCUT2D eigenvalue weighted by molar-refractivity contribution is 0.536. The Balaban J connectivity index is 2.04. The van der Waals surface area contributed by atoms with E-state index in [4.69, 9.17) is 0 Å². The van der Waals surface area contributed by atoms with E-state index < -0.39 is 0 Å². The molecule has 0 atom stereocenters. The van der Waals surface area contributed by atoms with E-state index in [0.717, 1.165) is 32.6 Å². The Morgan fingerprint density at radius 1 is 1.29 bits per heavy atom. The van der Waals surface area contributed by atoms with Crippen molar-refractivity contribution < 1.29 is 0 Å². The molecule has 0 radical (unpaired) electrons. The summed E-state index contributed by atoms with van der Waals surface area (Å²) in [5.41, 5.74) is 0. The predicted octanol–water partition coefficient (Wildman–Crippen LogP) is 3.89. The highest BCUT2D eigenvalue weighted by molar-refractivity contribution is 7.99. The average Bonchev–Trinajstić information content (AvgIpc) is 3.03. The second-order valence-corrected chi connectivity index (χ2v) is 7.13. The number of hydrogen-bond donors (Lipinski definition) is 0. The number of aromatic nitrogens is 5. The van der Waals surface area contributed by atoms with Crippen LogP contribution in [0.1, 0.15) is 37.5 Å². The molecule has 0 aliphatic carbocycles. The molecule has 110 valence electrons. The SMILES string of the molecule is CCc1cc2c(Sc3nnc(C)n3C(C)C)ncnc2s1. The first-order valence-corrected chi connectivity index (χ1v) is 8.56. The minimum absolute atomic E-state index is 0.327. The van der Waals surface area contributed by atoms with Crippen LogP contribution in [0.25, 0.3) is 10.2 Å². The van der Waals surface area contributed by atoms with Gasteiger partial charge in [-0.3, -0.25) is 0 Å². The summed E-state index contributed by atoms with van der Waals surface area (Å²) in [4.78, 5) is 11.2. The molecule has 0 bridgehead atoms. The molecule has 0 amide bonds. The van der Waals surface area contributed by atoms with Gasteiger partial charge in [-0.1, -0.05) is 6.92 Å². The first-order valence-electron chi connectivity index (χ1n) is 6.93. The van der Waals surface area contributed by atoms with Gasteiger partial charge in [-0.05, 0) is 45.0 Å². The molecule has 0 fully saturated rings. The summed E-state index contributed by atoms with van der Waals surface area (Å²) in [6.07, 6.45) is 2.65. The maximum atomic E-state index is 4.44. The maximum Gasteiger partial charge on any atom is 0.197 e. The zero-order valence-electron chi connectivity index (χ0n) is 12.5. The molecule has 0 aliphatic heterocycles. The van der Waals surface area contributed by atoms with Crippen LogP contribution in [0.5, 0.6) is 0 Å². The van der Waals surface area contributed by atoms with Gasteiger partial charge in [-0.15, -0.1) is 21.5 Å². The molecule has 3 aromatic rings. The highest BCUT2D eigenvalue weighted by Crippen LogP contribution is 2.35.